The second kappa shape index (κ2) is 6.76. The summed E-state index contributed by atoms with van der Waals surface area (Å²) in [6, 6.07) is 1.14. The maximum atomic E-state index is 12.0. The van der Waals surface area contributed by atoms with Crippen LogP contribution in [-0.4, -0.2) is 54.9 Å². The SMILES string of the molecule is CC(C)(C)OC(=O)N1CCC(NC2CCCNC2)CC1. The van der Waals surface area contributed by atoms with Gasteiger partial charge >= 0.3 is 6.09 Å². The molecule has 2 aliphatic rings. The maximum absolute atomic E-state index is 12.0. The molecule has 2 rings (SSSR count). The Morgan fingerprint density at radius 3 is 2.45 bits per heavy atom. The van der Waals surface area contributed by atoms with Crippen LogP contribution in [0, 0.1) is 0 Å². The van der Waals surface area contributed by atoms with Crippen molar-refractivity contribution in [2.45, 2.75) is 64.1 Å². The van der Waals surface area contributed by atoms with Gasteiger partial charge in [-0.15, -0.1) is 0 Å². The van der Waals surface area contributed by atoms with E-state index in [1.54, 1.807) is 0 Å². The molecule has 0 bridgehead atoms. The van der Waals surface area contributed by atoms with Gasteiger partial charge in [-0.05, 0) is 53.0 Å². The van der Waals surface area contributed by atoms with Gasteiger partial charge < -0.3 is 20.3 Å². The van der Waals surface area contributed by atoms with Crippen molar-refractivity contribution in [2.75, 3.05) is 26.2 Å². The highest BCUT2D eigenvalue weighted by Crippen LogP contribution is 2.16. The maximum Gasteiger partial charge on any atom is 0.410 e. The van der Waals surface area contributed by atoms with Crippen molar-refractivity contribution in [3.63, 3.8) is 0 Å². The fourth-order valence-corrected chi connectivity index (χ4v) is 2.88. The van der Waals surface area contributed by atoms with Crippen LogP contribution < -0.4 is 10.6 Å². The standard InChI is InChI=1S/C15H29N3O2/c1-15(2,3)20-14(19)18-9-6-12(7-10-18)17-13-5-4-8-16-11-13/h12-13,16-17H,4-11H2,1-3H3. The number of ether oxygens (including phenoxy) is 1. The molecule has 1 unspecified atom stereocenters. The van der Waals surface area contributed by atoms with Crippen LogP contribution in [0.25, 0.3) is 0 Å². The number of likely N-dealkylation sites (tertiary alicyclic amines) is 1. The summed E-state index contributed by atoms with van der Waals surface area (Å²) in [5.41, 5.74) is -0.403. The van der Waals surface area contributed by atoms with Crippen molar-refractivity contribution in [1.29, 1.82) is 0 Å². The van der Waals surface area contributed by atoms with E-state index in [1.807, 2.05) is 25.7 Å². The zero-order valence-corrected chi connectivity index (χ0v) is 13.1. The van der Waals surface area contributed by atoms with Gasteiger partial charge in [0.05, 0.1) is 0 Å². The lowest BCUT2D eigenvalue weighted by Crippen LogP contribution is -2.52. The van der Waals surface area contributed by atoms with Gasteiger partial charge in [0.25, 0.3) is 0 Å². The van der Waals surface area contributed by atoms with Crippen LogP contribution in [0.3, 0.4) is 0 Å². The molecule has 1 atom stereocenters. The second-order valence-corrected chi connectivity index (χ2v) is 6.95. The van der Waals surface area contributed by atoms with E-state index in [9.17, 15) is 4.79 Å². The summed E-state index contributed by atoms with van der Waals surface area (Å²) in [5.74, 6) is 0. The van der Waals surface area contributed by atoms with Crippen molar-refractivity contribution in [3.8, 4) is 0 Å². The third kappa shape index (κ3) is 4.94. The Kier molecular flexibility index (Phi) is 5.27. The monoisotopic (exact) mass is 283 g/mol. The third-order valence-corrected chi connectivity index (χ3v) is 3.91. The van der Waals surface area contributed by atoms with Gasteiger partial charge in [0, 0.05) is 31.7 Å². The Hall–Kier alpha value is -0.810. The zero-order valence-electron chi connectivity index (χ0n) is 13.1. The predicted octanol–water partition coefficient (Wildman–Crippen LogP) is 1.73. The molecule has 0 aromatic heterocycles. The summed E-state index contributed by atoms with van der Waals surface area (Å²) in [6.45, 7) is 9.56. The van der Waals surface area contributed by atoms with Crippen LogP contribution in [0.4, 0.5) is 4.79 Å². The first-order valence-corrected chi connectivity index (χ1v) is 7.89. The molecule has 2 fully saturated rings. The van der Waals surface area contributed by atoms with E-state index in [-0.39, 0.29) is 6.09 Å². The van der Waals surface area contributed by atoms with E-state index >= 15 is 0 Å². The minimum Gasteiger partial charge on any atom is -0.444 e. The van der Waals surface area contributed by atoms with Crippen LogP contribution in [0.5, 0.6) is 0 Å². The molecule has 116 valence electrons. The van der Waals surface area contributed by atoms with Gasteiger partial charge in [0.15, 0.2) is 0 Å². The molecular formula is C15H29N3O2. The summed E-state index contributed by atoms with van der Waals surface area (Å²) >= 11 is 0. The van der Waals surface area contributed by atoms with Crippen LogP contribution in [0.15, 0.2) is 0 Å². The number of piperidine rings is 2. The molecule has 5 nitrogen and oxygen atoms in total. The summed E-state index contributed by atoms with van der Waals surface area (Å²) in [6.07, 6.45) is 4.40. The Balaban J connectivity index is 1.70. The average molecular weight is 283 g/mol. The predicted molar refractivity (Wildman–Crippen MR) is 79.9 cm³/mol. The quantitative estimate of drug-likeness (QED) is 0.810. The molecule has 2 aliphatic heterocycles. The normalized spacial score (nSPS) is 25.6. The number of hydrogen-bond donors (Lipinski definition) is 2. The number of rotatable bonds is 2. The van der Waals surface area contributed by atoms with Gasteiger partial charge in [-0.3, -0.25) is 0 Å². The summed E-state index contributed by atoms with van der Waals surface area (Å²) in [7, 11) is 0. The molecule has 5 heteroatoms. The fraction of sp³-hybridized carbons (Fsp3) is 0.933. The Morgan fingerprint density at radius 1 is 1.20 bits per heavy atom. The zero-order chi connectivity index (χ0) is 14.6. The molecule has 0 aliphatic carbocycles. The Morgan fingerprint density at radius 2 is 1.90 bits per heavy atom. The number of carbonyl (C=O) groups excluding carboxylic acids is 1. The molecule has 2 N–H and O–H groups in total. The van der Waals surface area contributed by atoms with Crippen LogP contribution in [-0.2, 0) is 4.74 Å². The largest absolute Gasteiger partial charge is 0.444 e. The molecule has 20 heavy (non-hydrogen) atoms. The molecular weight excluding hydrogens is 254 g/mol. The van der Waals surface area contributed by atoms with Gasteiger partial charge in [-0.2, -0.15) is 0 Å². The first kappa shape index (κ1) is 15.6. The first-order chi connectivity index (χ1) is 9.44. The van der Waals surface area contributed by atoms with Crippen LogP contribution in [0.2, 0.25) is 0 Å². The lowest BCUT2D eigenvalue weighted by Gasteiger charge is -2.36. The van der Waals surface area contributed by atoms with E-state index in [0.717, 1.165) is 39.0 Å². The molecule has 2 saturated heterocycles. The van der Waals surface area contributed by atoms with Gasteiger partial charge in [0.1, 0.15) is 5.60 Å². The van der Waals surface area contributed by atoms with Crippen molar-refractivity contribution >= 4 is 6.09 Å². The van der Waals surface area contributed by atoms with E-state index in [2.05, 4.69) is 10.6 Å². The average Bonchev–Trinajstić information content (AvgIpc) is 2.39. The number of hydrogen-bond acceptors (Lipinski definition) is 4. The number of carbonyl (C=O) groups is 1. The van der Waals surface area contributed by atoms with E-state index in [4.69, 9.17) is 4.74 Å². The van der Waals surface area contributed by atoms with Gasteiger partial charge in [-0.25, -0.2) is 4.79 Å². The van der Waals surface area contributed by atoms with Crippen molar-refractivity contribution < 1.29 is 9.53 Å². The number of nitrogens with zero attached hydrogens (tertiary/aromatic N) is 1. The lowest BCUT2D eigenvalue weighted by molar-refractivity contribution is 0.0195. The summed E-state index contributed by atoms with van der Waals surface area (Å²) < 4.78 is 5.42. The van der Waals surface area contributed by atoms with Crippen molar-refractivity contribution in [3.05, 3.63) is 0 Å². The fourth-order valence-electron chi connectivity index (χ4n) is 2.88. The number of nitrogens with one attached hydrogen (secondary N) is 2. The van der Waals surface area contributed by atoms with Crippen molar-refractivity contribution in [2.24, 2.45) is 0 Å². The van der Waals surface area contributed by atoms with Crippen LogP contribution in [0.1, 0.15) is 46.5 Å². The highest BCUT2D eigenvalue weighted by Gasteiger charge is 2.27. The molecule has 1 amide bonds. The summed E-state index contributed by atoms with van der Waals surface area (Å²) in [4.78, 5) is 13.8. The van der Waals surface area contributed by atoms with Crippen molar-refractivity contribution in [1.82, 2.24) is 15.5 Å². The molecule has 0 aromatic rings. The third-order valence-electron chi connectivity index (χ3n) is 3.91. The highest BCUT2D eigenvalue weighted by molar-refractivity contribution is 5.68. The molecule has 0 spiro atoms. The summed E-state index contributed by atoms with van der Waals surface area (Å²) in [5, 5.41) is 7.15. The van der Waals surface area contributed by atoms with E-state index < -0.39 is 5.60 Å². The van der Waals surface area contributed by atoms with Gasteiger partial charge in [0.2, 0.25) is 0 Å². The minimum absolute atomic E-state index is 0.171. The molecule has 0 radical (unpaired) electrons. The van der Waals surface area contributed by atoms with E-state index in [0.29, 0.717) is 12.1 Å². The highest BCUT2D eigenvalue weighted by atomic mass is 16.6. The van der Waals surface area contributed by atoms with Crippen LogP contribution >= 0.6 is 0 Å². The molecule has 2 heterocycles. The molecule has 0 saturated carbocycles. The Labute approximate surface area is 122 Å². The Bertz CT molecular complexity index is 314. The topological polar surface area (TPSA) is 53.6 Å². The number of amides is 1. The van der Waals surface area contributed by atoms with E-state index in [1.165, 1.54) is 12.8 Å². The first-order valence-electron chi connectivity index (χ1n) is 7.89. The molecule has 0 aromatic carbocycles. The second-order valence-electron chi connectivity index (χ2n) is 6.95. The minimum atomic E-state index is -0.403. The lowest BCUT2D eigenvalue weighted by atomic mass is 10.0. The smallest absolute Gasteiger partial charge is 0.410 e. The van der Waals surface area contributed by atoms with Gasteiger partial charge in [-0.1, -0.05) is 0 Å².